The van der Waals surface area contributed by atoms with Crippen LogP contribution < -0.4 is 22.5 Å². The van der Waals surface area contributed by atoms with Gasteiger partial charge < -0.3 is 27.6 Å². The molecule has 0 aromatic rings. The van der Waals surface area contributed by atoms with E-state index in [1.54, 1.807) is 0 Å². The zero-order chi connectivity index (χ0) is 16.5. The molecular formula is C14H27N5O3. The van der Waals surface area contributed by atoms with Crippen molar-refractivity contribution in [2.45, 2.75) is 44.6 Å². The van der Waals surface area contributed by atoms with Crippen LogP contribution in [0, 0.1) is 11.8 Å². The molecule has 1 rings (SSSR count). The van der Waals surface area contributed by atoms with Gasteiger partial charge in [0.15, 0.2) is 5.96 Å². The number of hydrogen-bond donors (Lipinski definition) is 5. The minimum Gasteiger partial charge on any atom is -0.481 e. The Labute approximate surface area is 130 Å². The zero-order valence-electron chi connectivity index (χ0n) is 12.8. The minimum absolute atomic E-state index is 0.0101. The molecule has 1 unspecified atom stereocenters. The predicted molar refractivity (Wildman–Crippen MR) is 84.0 cm³/mol. The summed E-state index contributed by atoms with van der Waals surface area (Å²) in [5.41, 5.74) is 16.2. The van der Waals surface area contributed by atoms with Crippen molar-refractivity contribution in [3.8, 4) is 0 Å². The standard InChI is InChI=1S/C14H27N5O3/c15-11(6-3-7-18-14(16)17)12(20)19-8-9-4-1-2-5-10(9)13(21)22/h9-11H,1-8,15H2,(H,19,20)(H,21,22)(H4,16,17,18)/t9?,10-,11-/m0/s1. The minimum atomic E-state index is -0.777. The van der Waals surface area contributed by atoms with Crippen LogP contribution in [0.5, 0.6) is 0 Å². The first-order valence-corrected chi connectivity index (χ1v) is 7.73. The molecule has 0 aromatic heterocycles. The van der Waals surface area contributed by atoms with E-state index in [1.165, 1.54) is 0 Å². The Balaban J connectivity index is 2.31. The van der Waals surface area contributed by atoms with E-state index in [0.29, 0.717) is 32.4 Å². The lowest BCUT2D eigenvalue weighted by Crippen LogP contribution is -2.44. The third kappa shape index (κ3) is 6.30. The van der Waals surface area contributed by atoms with Gasteiger partial charge in [-0.25, -0.2) is 0 Å². The van der Waals surface area contributed by atoms with Crippen LogP contribution in [0.25, 0.3) is 0 Å². The quantitative estimate of drug-likeness (QED) is 0.228. The smallest absolute Gasteiger partial charge is 0.306 e. The molecule has 0 spiro atoms. The largest absolute Gasteiger partial charge is 0.481 e. The molecule has 8 nitrogen and oxygen atoms in total. The highest BCUT2D eigenvalue weighted by Gasteiger charge is 2.31. The Hall–Kier alpha value is -1.83. The number of nitrogens with zero attached hydrogens (tertiary/aromatic N) is 1. The number of carbonyl (C=O) groups excluding carboxylic acids is 1. The molecule has 0 bridgehead atoms. The monoisotopic (exact) mass is 313 g/mol. The fraction of sp³-hybridized carbons (Fsp3) is 0.786. The van der Waals surface area contributed by atoms with E-state index in [9.17, 15) is 14.7 Å². The lowest BCUT2D eigenvalue weighted by molar-refractivity contribution is -0.145. The molecule has 8 N–H and O–H groups in total. The Morgan fingerprint density at radius 2 is 1.95 bits per heavy atom. The number of nitrogens with two attached hydrogens (primary N) is 3. The van der Waals surface area contributed by atoms with E-state index in [-0.39, 0.29) is 23.7 Å². The van der Waals surface area contributed by atoms with Gasteiger partial charge in [0.25, 0.3) is 0 Å². The van der Waals surface area contributed by atoms with Gasteiger partial charge in [0, 0.05) is 13.1 Å². The van der Waals surface area contributed by atoms with Crippen LogP contribution in [0.1, 0.15) is 38.5 Å². The molecule has 1 fully saturated rings. The summed E-state index contributed by atoms with van der Waals surface area (Å²) < 4.78 is 0. The molecule has 1 amide bonds. The molecule has 0 saturated heterocycles. The van der Waals surface area contributed by atoms with Crippen molar-refractivity contribution in [2.75, 3.05) is 13.1 Å². The van der Waals surface area contributed by atoms with E-state index in [4.69, 9.17) is 17.2 Å². The van der Waals surface area contributed by atoms with Crippen molar-refractivity contribution in [3.63, 3.8) is 0 Å². The zero-order valence-corrected chi connectivity index (χ0v) is 12.8. The first-order valence-electron chi connectivity index (χ1n) is 7.73. The average molecular weight is 313 g/mol. The molecule has 0 aliphatic heterocycles. The van der Waals surface area contributed by atoms with Gasteiger partial charge >= 0.3 is 5.97 Å². The Morgan fingerprint density at radius 3 is 2.59 bits per heavy atom. The summed E-state index contributed by atoms with van der Waals surface area (Å²) in [6, 6.07) is -0.624. The van der Waals surface area contributed by atoms with Crippen molar-refractivity contribution in [1.29, 1.82) is 0 Å². The van der Waals surface area contributed by atoms with Crippen LogP contribution in [-0.4, -0.2) is 42.1 Å². The van der Waals surface area contributed by atoms with Gasteiger partial charge in [0.1, 0.15) is 0 Å². The predicted octanol–water partition coefficient (Wildman–Crippen LogP) is -0.625. The average Bonchev–Trinajstić information content (AvgIpc) is 2.48. The van der Waals surface area contributed by atoms with E-state index in [1.807, 2.05) is 0 Å². The molecule has 1 saturated carbocycles. The number of carboxylic acids is 1. The van der Waals surface area contributed by atoms with Crippen LogP contribution in [0.4, 0.5) is 0 Å². The van der Waals surface area contributed by atoms with Crippen molar-refractivity contribution < 1.29 is 14.7 Å². The number of nitrogens with one attached hydrogen (secondary N) is 1. The number of carboxylic acid groups (broad SMARTS) is 1. The Kier molecular flexibility index (Phi) is 7.65. The van der Waals surface area contributed by atoms with E-state index < -0.39 is 12.0 Å². The maximum atomic E-state index is 11.9. The van der Waals surface area contributed by atoms with Crippen molar-refractivity contribution in [2.24, 2.45) is 34.0 Å². The number of aliphatic imine (C=N–C) groups is 1. The summed E-state index contributed by atoms with van der Waals surface area (Å²) >= 11 is 0. The maximum Gasteiger partial charge on any atom is 0.306 e. The van der Waals surface area contributed by atoms with Crippen LogP contribution >= 0.6 is 0 Å². The molecule has 126 valence electrons. The molecule has 1 aliphatic rings. The molecule has 22 heavy (non-hydrogen) atoms. The molecular weight excluding hydrogens is 286 g/mol. The summed E-state index contributed by atoms with van der Waals surface area (Å²) in [6.45, 7) is 0.810. The van der Waals surface area contributed by atoms with Gasteiger partial charge in [-0.1, -0.05) is 12.8 Å². The second kappa shape index (κ2) is 9.24. The molecule has 0 aromatic carbocycles. The van der Waals surface area contributed by atoms with Crippen LogP contribution in [-0.2, 0) is 9.59 Å². The van der Waals surface area contributed by atoms with E-state index in [0.717, 1.165) is 19.3 Å². The van der Waals surface area contributed by atoms with Crippen molar-refractivity contribution >= 4 is 17.8 Å². The van der Waals surface area contributed by atoms with Crippen LogP contribution in [0.3, 0.4) is 0 Å². The fourth-order valence-electron chi connectivity index (χ4n) is 2.79. The second-order valence-corrected chi connectivity index (χ2v) is 5.79. The summed E-state index contributed by atoms with van der Waals surface area (Å²) in [7, 11) is 0. The number of amides is 1. The molecule has 0 heterocycles. The van der Waals surface area contributed by atoms with Crippen LogP contribution in [0.2, 0.25) is 0 Å². The number of guanidine groups is 1. The van der Waals surface area contributed by atoms with Crippen LogP contribution in [0.15, 0.2) is 4.99 Å². The number of aliphatic carboxylic acids is 1. The molecule has 0 radical (unpaired) electrons. The van der Waals surface area contributed by atoms with Gasteiger partial charge in [-0.3, -0.25) is 14.6 Å². The topological polar surface area (TPSA) is 157 Å². The maximum absolute atomic E-state index is 11.9. The number of carbonyl (C=O) groups is 2. The second-order valence-electron chi connectivity index (χ2n) is 5.79. The van der Waals surface area contributed by atoms with Crippen molar-refractivity contribution in [1.82, 2.24) is 5.32 Å². The highest BCUT2D eigenvalue weighted by atomic mass is 16.4. The SMILES string of the molecule is NC(N)=NCCC[C@H](N)C(=O)NCC1CCCC[C@@H]1C(=O)O. The first-order chi connectivity index (χ1) is 10.4. The third-order valence-electron chi connectivity index (χ3n) is 4.07. The highest BCUT2D eigenvalue weighted by molar-refractivity contribution is 5.81. The first kappa shape index (κ1) is 18.2. The summed E-state index contributed by atoms with van der Waals surface area (Å²) in [5, 5.41) is 12.0. The number of hydrogen-bond acceptors (Lipinski definition) is 4. The van der Waals surface area contributed by atoms with Gasteiger partial charge in [0.05, 0.1) is 12.0 Å². The van der Waals surface area contributed by atoms with E-state index in [2.05, 4.69) is 10.3 Å². The van der Waals surface area contributed by atoms with Gasteiger partial charge in [-0.15, -0.1) is 0 Å². The Bertz CT molecular complexity index is 409. The lowest BCUT2D eigenvalue weighted by Gasteiger charge is -2.29. The number of rotatable bonds is 8. The highest BCUT2D eigenvalue weighted by Crippen LogP contribution is 2.29. The Morgan fingerprint density at radius 1 is 1.27 bits per heavy atom. The molecule has 1 aliphatic carbocycles. The molecule has 8 heteroatoms. The third-order valence-corrected chi connectivity index (χ3v) is 4.07. The fourth-order valence-corrected chi connectivity index (χ4v) is 2.79. The van der Waals surface area contributed by atoms with E-state index >= 15 is 0 Å². The normalized spacial score (nSPS) is 22.6. The van der Waals surface area contributed by atoms with Gasteiger partial charge in [-0.05, 0) is 31.6 Å². The molecule has 3 atom stereocenters. The lowest BCUT2D eigenvalue weighted by atomic mass is 9.79. The van der Waals surface area contributed by atoms with Gasteiger partial charge in [-0.2, -0.15) is 0 Å². The van der Waals surface area contributed by atoms with Crippen molar-refractivity contribution in [3.05, 3.63) is 0 Å². The summed E-state index contributed by atoms with van der Waals surface area (Å²) in [4.78, 5) is 26.9. The van der Waals surface area contributed by atoms with Gasteiger partial charge in [0.2, 0.25) is 5.91 Å². The summed E-state index contributed by atoms with van der Waals surface area (Å²) in [5.74, 6) is -1.38. The summed E-state index contributed by atoms with van der Waals surface area (Å²) in [6.07, 6.45) is 4.56.